The zero-order valence-electron chi connectivity index (χ0n) is 12.0. The standard InChI is InChI=1S/C14H21N5/c1-5-15-14(8-13-9-19(4)18-17-13)12-6-10(2)16-11(3)7-12/h6-7,9,14-15H,5,8H2,1-4H3. The van der Waals surface area contributed by atoms with Gasteiger partial charge in [0, 0.05) is 37.1 Å². The first-order valence-corrected chi connectivity index (χ1v) is 6.62. The van der Waals surface area contributed by atoms with Crippen LogP contribution in [0.25, 0.3) is 0 Å². The first-order valence-electron chi connectivity index (χ1n) is 6.62. The van der Waals surface area contributed by atoms with Crippen molar-refractivity contribution in [1.82, 2.24) is 25.3 Å². The van der Waals surface area contributed by atoms with Crippen LogP contribution in [0.1, 0.15) is 35.6 Å². The summed E-state index contributed by atoms with van der Waals surface area (Å²) in [6, 6.07) is 4.52. The average molecular weight is 259 g/mol. The first kappa shape index (κ1) is 13.7. The summed E-state index contributed by atoms with van der Waals surface area (Å²) in [5.41, 5.74) is 4.37. The lowest BCUT2D eigenvalue weighted by molar-refractivity contribution is 0.542. The van der Waals surface area contributed by atoms with E-state index in [0.717, 1.165) is 30.0 Å². The minimum Gasteiger partial charge on any atom is -0.310 e. The second-order valence-electron chi connectivity index (χ2n) is 4.88. The van der Waals surface area contributed by atoms with E-state index < -0.39 is 0 Å². The van der Waals surface area contributed by atoms with E-state index >= 15 is 0 Å². The summed E-state index contributed by atoms with van der Waals surface area (Å²) in [4.78, 5) is 4.43. The molecule has 0 saturated heterocycles. The SMILES string of the molecule is CCNC(Cc1cn(C)nn1)c1cc(C)nc(C)c1. The second kappa shape index (κ2) is 5.93. The second-order valence-corrected chi connectivity index (χ2v) is 4.88. The molecule has 19 heavy (non-hydrogen) atoms. The predicted molar refractivity (Wildman–Crippen MR) is 74.8 cm³/mol. The van der Waals surface area contributed by atoms with Crippen LogP contribution >= 0.6 is 0 Å². The van der Waals surface area contributed by atoms with Gasteiger partial charge in [-0.15, -0.1) is 5.10 Å². The smallest absolute Gasteiger partial charge is 0.0845 e. The van der Waals surface area contributed by atoms with Gasteiger partial charge >= 0.3 is 0 Å². The number of pyridine rings is 1. The zero-order chi connectivity index (χ0) is 13.8. The monoisotopic (exact) mass is 259 g/mol. The molecule has 102 valence electrons. The number of nitrogens with one attached hydrogen (secondary N) is 1. The van der Waals surface area contributed by atoms with Crippen molar-refractivity contribution in [3.63, 3.8) is 0 Å². The van der Waals surface area contributed by atoms with Crippen molar-refractivity contribution >= 4 is 0 Å². The van der Waals surface area contributed by atoms with E-state index in [1.54, 1.807) is 4.68 Å². The summed E-state index contributed by atoms with van der Waals surface area (Å²) in [6.07, 6.45) is 2.80. The Hall–Kier alpha value is -1.75. The Bertz CT molecular complexity index is 526. The fraction of sp³-hybridized carbons (Fsp3) is 0.500. The molecular weight excluding hydrogens is 238 g/mol. The molecule has 0 saturated carbocycles. The van der Waals surface area contributed by atoms with Crippen LogP contribution in [0.3, 0.4) is 0 Å². The van der Waals surface area contributed by atoms with Crippen LogP contribution in [0.4, 0.5) is 0 Å². The van der Waals surface area contributed by atoms with Crippen LogP contribution in [-0.2, 0) is 13.5 Å². The van der Waals surface area contributed by atoms with E-state index in [-0.39, 0.29) is 6.04 Å². The normalized spacial score (nSPS) is 12.6. The molecule has 0 bridgehead atoms. The van der Waals surface area contributed by atoms with Crippen molar-refractivity contribution in [3.05, 3.63) is 41.0 Å². The Labute approximate surface area is 114 Å². The van der Waals surface area contributed by atoms with Crippen LogP contribution < -0.4 is 5.32 Å². The highest BCUT2D eigenvalue weighted by Gasteiger charge is 2.14. The largest absolute Gasteiger partial charge is 0.310 e. The molecule has 0 amide bonds. The van der Waals surface area contributed by atoms with Crippen molar-refractivity contribution in [1.29, 1.82) is 0 Å². The van der Waals surface area contributed by atoms with E-state index in [9.17, 15) is 0 Å². The number of rotatable bonds is 5. The molecule has 0 aliphatic heterocycles. The summed E-state index contributed by atoms with van der Waals surface area (Å²) in [6.45, 7) is 7.10. The van der Waals surface area contributed by atoms with E-state index in [2.05, 4.69) is 39.7 Å². The molecule has 1 atom stereocenters. The third-order valence-corrected chi connectivity index (χ3v) is 3.02. The Balaban J connectivity index is 2.23. The summed E-state index contributed by atoms with van der Waals surface area (Å²) in [5.74, 6) is 0. The zero-order valence-corrected chi connectivity index (χ0v) is 12.0. The van der Waals surface area contributed by atoms with Gasteiger partial charge in [-0.3, -0.25) is 9.67 Å². The van der Waals surface area contributed by atoms with Gasteiger partial charge in [0.15, 0.2) is 0 Å². The van der Waals surface area contributed by atoms with Gasteiger partial charge in [0.05, 0.1) is 5.69 Å². The maximum Gasteiger partial charge on any atom is 0.0845 e. The fourth-order valence-electron chi connectivity index (χ4n) is 2.32. The molecule has 2 aromatic heterocycles. The molecule has 0 spiro atoms. The number of hydrogen-bond acceptors (Lipinski definition) is 4. The molecule has 0 aliphatic carbocycles. The molecule has 0 fully saturated rings. The third kappa shape index (κ3) is 3.61. The molecular formula is C14H21N5. The molecule has 1 N–H and O–H groups in total. The summed E-state index contributed by atoms with van der Waals surface area (Å²) >= 11 is 0. The lowest BCUT2D eigenvalue weighted by Crippen LogP contribution is -2.23. The number of aromatic nitrogens is 4. The highest BCUT2D eigenvalue weighted by atomic mass is 15.4. The Kier molecular flexibility index (Phi) is 4.27. The lowest BCUT2D eigenvalue weighted by Gasteiger charge is -2.18. The summed E-state index contributed by atoms with van der Waals surface area (Å²) in [5, 5.41) is 11.7. The molecule has 2 aromatic rings. The highest BCUT2D eigenvalue weighted by molar-refractivity contribution is 5.24. The lowest BCUT2D eigenvalue weighted by atomic mass is 10.0. The minimum absolute atomic E-state index is 0.252. The summed E-state index contributed by atoms with van der Waals surface area (Å²) < 4.78 is 1.74. The number of hydrogen-bond donors (Lipinski definition) is 1. The molecule has 0 radical (unpaired) electrons. The molecule has 2 rings (SSSR count). The van der Waals surface area contributed by atoms with E-state index in [0.29, 0.717) is 0 Å². The molecule has 2 heterocycles. The number of aryl methyl sites for hydroxylation is 3. The van der Waals surface area contributed by atoms with Crippen LogP contribution in [0.2, 0.25) is 0 Å². The van der Waals surface area contributed by atoms with Gasteiger partial charge in [-0.25, -0.2) is 0 Å². The van der Waals surface area contributed by atoms with E-state index in [4.69, 9.17) is 0 Å². The van der Waals surface area contributed by atoms with Gasteiger partial charge in [0.1, 0.15) is 0 Å². The first-order chi connectivity index (χ1) is 9.08. The van der Waals surface area contributed by atoms with Gasteiger partial charge in [-0.2, -0.15) is 0 Å². The van der Waals surface area contributed by atoms with Crippen molar-refractivity contribution in [2.45, 2.75) is 33.2 Å². The topological polar surface area (TPSA) is 55.6 Å². The average Bonchev–Trinajstić information content (AvgIpc) is 2.73. The molecule has 1 unspecified atom stereocenters. The quantitative estimate of drug-likeness (QED) is 0.888. The maximum atomic E-state index is 4.43. The van der Waals surface area contributed by atoms with Crippen molar-refractivity contribution in [2.24, 2.45) is 7.05 Å². The third-order valence-electron chi connectivity index (χ3n) is 3.02. The van der Waals surface area contributed by atoms with Crippen LogP contribution in [0.5, 0.6) is 0 Å². The van der Waals surface area contributed by atoms with Gasteiger partial charge in [0.25, 0.3) is 0 Å². The van der Waals surface area contributed by atoms with Gasteiger partial charge in [-0.1, -0.05) is 12.1 Å². The van der Waals surface area contributed by atoms with E-state index in [1.165, 1.54) is 5.56 Å². The highest BCUT2D eigenvalue weighted by Crippen LogP contribution is 2.18. The van der Waals surface area contributed by atoms with Gasteiger partial charge < -0.3 is 5.32 Å². The molecule has 0 aromatic carbocycles. The molecule has 5 heteroatoms. The summed E-state index contributed by atoms with van der Waals surface area (Å²) in [7, 11) is 1.89. The maximum absolute atomic E-state index is 4.43. The van der Waals surface area contributed by atoms with E-state index in [1.807, 2.05) is 27.1 Å². The van der Waals surface area contributed by atoms with Crippen molar-refractivity contribution in [2.75, 3.05) is 6.54 Å². The molecule has 5 nitrogen and oxygen atoms in total. The fourth-order valence-corrected chi connectivity index (χ4v) is 2.32. The van der Waals surface area contributed by atoms with Crippen LogP contribution in [0, 0.1) is 13.8 Å². The number of nitrogens with zero attached hydrogens (tertiary/aromatic N) is 4. The molecule has 0 aliphatic rings. The van der Waals surface area contributed by atoms with Gasteiger partial charge in [0.2, 0.25) is 0 Å². The van der Waals surface area contributed by atoms with Crippen LogP contribution in [-0.4, -0.2) is 26.5 Å². The van der Waals surface area contributed by atoms with Crippen molar-refractivity contribution in [3.8, 4) is 0 Å². The predicted octanol–water partition coefficient (Wildman–Crippen LogP) is 1.72. The minimum atomic E-state index is 0.252. The Morgan fingerprint density at radius 2 is 1.95 bits per heavy atom. The van der Waals surface area contributed by atoms with Gasteiger partial charge in [-0.05, 0) is 38.1 Å². The van der Waals surface area contributed by atoms with Crippen LogP contribution in [0.15, 0.2) is 18.3 Å². The number of likely N-dealkylation sites (N-methyl/N-ethyl adjacent to an activating group) is 1. The van der Waals surface area contributed by atoms with Crippen molar-refractivity contribution < 1.29 is 0 Å². The Morgan fingerprint density at radius 1 is 1.26 bits per heavy atom. The Morgan fingerprint density at radius 3 is 2.47 bits per heavy atom.